The number of benzene rings is 2. The molecule has 0 saturated heterocycles. The lowest BCUT2D eigenvalue weighted by Crippen LogP contribution is -2.03. The largest absolute Gasteiger partial charge is 0.508 e. The molecule has 1 aliphatic rings. The van der Waals surface area contributed by atoms with Crippen LogP contribution in [0.25, 0.3) is 0 Å². The van der Waals surface area contributed by atoms with Crippen molar-refractivity contribution in [1.29, 1.82) is 0 Å². The first kappa shape index (κ1) is 16.0. The number of phenolic OH excluding ortho intramolecular Hbond substituents is 1. The van der Waals surface area contributed by atoms with Gasteiger partial charge in [0.2, 0.25) is 11.8 Å². The van der Waals surface area contributed by atoms with Gasteiger partial charge in [0.1, 0.15) is 11.5 Å². The number of fused-ring (bicyclic) bond motifs is 1. The van der Waals surface area contributed by atoms with Crippen LogP contribution in [-0.4, -0.2) is 20.9 Å². The molecule has 0 saturated carbocycles. The van der Waals surface area contributed by atoms with Crippen LogP contribution in [0.15, 0.2) is 48.7 Å². The Balaban J connectivity index is 1.62. The summed E-state index contributed by atoms with van der Waals surface area (Å²) in [6, 6.07) is 11.5. The van der Waals surface area contributed by atoms with Crippen molar-refractivity contribution >= 4 is 17.4 Å². The maximum atomic E-state index is 14.1. The lowest BCUT2D eigenvalue weighted by Gasteiger charge is -2.11. The average molecular weight is 351 g/mol. The number of aromatic nitrogens is 2. The second-order valence-electron chi connectivity index (χ2n) is 5.83. The number of Topliss-reactive ketones (excluding diaryl/α,β-unsaturated/α-hetero) is 1. The van der Waals surface area contributed by atoms with Gasteiger partial charge in [-0.1, -0.05) is 12.1 Å². The van der Waals surface area contributed by atoms with Crippen LogP contribution >= 0.6 is 0 Å². The first-order chi connectivity index (χ1) is 12.6. The van der Waals surface area contributed by atoms with E-state index in [-0.39, 0.29) is 29.1 Å². The van der Waals surface area contributed by atoms with E-state index in [4.69, 9.17) is 4.74 Å². The standard InChI is InChI=1S/C19H14FN3O3/c20-14-10-21-19(22-12-5-7-13(24)8-6-12)23-18(14)26-16-3-1-2-11-4-9-15(25)17(11)16/h1-3,5-8,10,24H,4,9H2,(H,21,22,23). The summed E-state index contributed by atoms with van der Waals surface area (Å²) in [5.74, 6) is -0.474. The smallest absolute Gasteiger partial charge is 0.260 e. The lowest BCUT2D eigenvalue weighted by molar-refractivity contribution is 0.0992. The molecule has 0 atom stereocenters. The second-order valence-corrected chi connectivity index (χ2v) is 5.83. The molecule has 1 heterocycles. The summed E-state index contributed by atoms with van der Waals surface area (Å²) < 4.78 is 19.7. The molecule has 0 unspecified atom stereocenters. The summed E-state index contributed by atoms with van der Waals surface area (Å²) in [5.41, 5.74) is 2.00. The van der Waals surface area contributed by atoms with Crippen LogP contribution in [0.2, 0.25) is 0 Å². The molecule has 0 spiro atoms. The average Bonchev–Trinajstić information content (AvgIpc) is 3.02. The van der Waals surface area contributed by atoms with Crippen LogP contribution in [0.5, 0.6) is 17.4 Å². The number of hydrogen-bond donors (Lipinski definition) is 2. The quantitative estimate of drug-likeness (QED) is 0.692. The van der Waals surface area contributed by atoms with E-state index < -0.39 is 5.82 Å². The number of anilines is 2. The molecule has 2 aromatic carbocycles. The molecule has 0 aliphatic heterocycles. The lowest BCUT2D eigenvalue weighted by atomic mass is 10.1. The van der Waals surface area contributed by atoms with Crippen LogP contribution in [0.4, 0.5) is 16.0 Å². The zero-order chi connectivity index (χ0) is 18.1. The zero-order valence-corrected chi connectivity index (χ0v) is 13.6. The van der Waals surface area contributed by atoms with Gasteiger partial charge in [-0.3, -0.25) is 4.79 Å². The molecular weight excluding hydrogens is 337 g/mol. The van der Waals surface area contributed by atoms with E-state index in [1.54, 1.807) is 24.3 Å². The van der Waals surface area contributed by atoms with Crippen molar-refractivity contribution < 1.29 is 19.0 Å². The van der Waals surface area contributed by atoms with Crippen molar-refractivity contribution in [1.82, 2.24) is 9.97 Å². The summed E-state index contributed by atoms with van der Waals surface area (Å²) in [4.78, 5) is 20.0. The number of aryl methyl sites for hydroxylation is 1. The Kier molecular flexibility index (Phi) is 3.96. The van der Waals surface area contributed by atoms with Crippen molar-refractivity contribution in [2.45, 2.75) is 12.8 Å². The van der Waals surface area contributed by atoms with Crippen molar-refractivity contribution in [3.05, 3.63) is 65.6 Å². The molecule has 7 heteroatoms. The fourth-order valence-corrected chi connectivity index (χ4v) is 2.82. The SMILES string of the molecule is O=C1CCc2cccc(Oc3nc(Nc4ccc(O)cc4)ncc3F)c21. The highest BCUT2D eigenvalue weighted by atomic mass is 19.1. The highest BCUT2D eigenvalue weighted by Crippen LogP contribution is 2.34. The van der Waals surface area contributed by atoms with E-state index in [0.717, 1.165) is 11.8 Å². The Morgan fingerprint density at radius 1 is 1.12 bits per heavy atom. The number of phenols is 1. The number of nitrogens with one attached hydrogen (secondary N) is 1. The third-order valence-corrected chi connectivity index (χ3v) is 4.05. The maximum Gasteiger partial charge on any atom is 0.260 e. The molecule has 0 amide bonds. The number of ketones is 1. The molecule has 6 nitrogen and oxygen atoms in total. The highest BCUT2D eigenvalue weighted by molar-refractivity contribution is 6.02. The minimum Gasteiger partial charge on any atom is -0.508 e. The number of rotatable bonds is 4. The summed E-state index contributed by atoms with van der Waals surface area (Å²) in [5, 5.41) is 12.2. The molecule has 3 aromatic rings. The number of ether oxygens (including phenoxy) is 1. The van der Waals surface area contributed by atoms with Gasteiger partial charge in [0, 0.05) is 12.1 Å². The van der Waals surface area contributed by atoms with E-state index >= 15 is 0 Å². The van der Waals surface area contributed by atoms with E-state index in [1.807, 2.05) is 6.07 Å². The van der Waals surface area contributed by atoms with Gasteiger partial charge in [-0.2, -0.15) is 9.37 Å². The van der Waals surface area contributed by atoms with Gasteiger partial charge < -0.3 is 15.2 Å². The molecule has 1 aromatic heterocycles. The Morgan fingerprint density at radius 3 is 2.73 bits per heavy atom. The second kappa shape index (κ2) is 6.44. The number of nitrogens with zero attached hydrogens (tertiary/aromatic N) is 2. The van der Waals surface area contributed by atoms with Crippen molar-refractivity contribution in [3.63, 3.8) is 0 Å². The predicted molar refractivity (Wildman–Crippen MR) is 92.5 cm³/mol. The van der Waals surface area contributed by atoms with Gasteiger partial charge in [-0.05, 0) is 42.3 Å². The Labute approximate surface area is 148 Å². The number of carbonyl (C=O) groups is 1. The third-order valence-electron chi connectivity index (χ3n) is 4.05. The number of halogens is 1. The fraction of sp³-hybridized carbons (Fsp3) is 0.105. The van der Waals surface area contributed by atoms with E-state index in [1.165, 1.54) is 12.1 Å². The minimum atomic E-state index is -0.732. The molecular formula is C19H14FN3O3. The first-order valence-corrected chi connectivity index (χ1v) is 8.02. The van der Waals surface area contributed by atoms with E-state index in [2.05, 4.69) is 15.3 Å². The van der Waals surface area contributed by atoms with Gasteiger partial charge in [0.15, 0.2) is 5.78 Å². The molecule has 4 rings (SSSR count). The summed E-state index contributed by atoms with van der Waals surface area (Å²) in [7, 11) is 0. The maximum absolute atomic E-state index is 14.1. The van der Waals surface area contributed by atoms with Gasteiger partial charge >= 0.3 is 0 Å². The number of aromatic hydroxyl groups is 1. The number of hydrogen-bond acceptors (Lipinski definition) is 6. The Morgan fingerprint density at radius 2 is 1.92 bits per heavy atom. The fourth-order valence-electron chi connectivity index (χ4n) is 2.82. The van der Waals surface area contributed by atoms with Crippen LogP contribution < -0.4 is 10.1 Å². The van der Waals surface area contributed by atoms with Gasteiger partial charge in [0.25, 0.3) is 5.88 Å². The van der Waals surface area contributed by atoms with Crippen molar-refractivity contribution in [2.75, 3.05) is 5.32 Å². The Hall–Kier alpha value is -3.48. The van der Waals surface area contributed by atoms with E-state index in [0.29, 0.717) is 24.1 Å². The zero-order valence-electron chi connectivity index (χ0n) is 13.6. The van der Waals surface area contributed by atoms with Crippen LogP contribution in [0.3, 0.4) is 0 Å². The molecule has 1 aliphatic carbocycles. The van der Waals surface area contributed by atoms with Gasteiger partial charge in [-0.15, -0.1) is 0 Å². The molecule has 0 fully saturated rings. The van der Waals surface area contributed by atoms with Gasteiger partial charge in [0.05, 0.1) is 11.8 Å². The molecule has 26 heavy (non-hydrogen) atoms. The predicted octanol–water partition coefficient (Wildman–Crippen LogP) is 3.99. The minimum absolute atomic E-state index is 0.0208. The summed E-state index contributed by atoms with van der Waals surface area (Å²) >= 11 is 0. The third kappa shape index (κ3) is 3.06. The van der Waals surface area contributed by atoms with Crippen LogP contribution in [0.1, 0.15) is 22.3 Å². The normalized spacial score (nSPS) is 12.7. The summed E-state index contributed by atoms with van der Waals surface area (Å²) in [6.07, 6.45) is 2.08. The highest BCUT2D eigenvalue weighted by Gasteiger charge is 2.24. The van der Waals surface area contributed by atoms with Crippen LogP contribution in [0, 0.1) is 5.82 Å². The van der Waals surface area contributed by atoms with Crippen molar-refractivity contribution in [2.24, 2.45) is 0 Å². The summed E-state index contributed by atoms with van der Waals surface area (Å²) in [6.45, 7) is 0. The molecule has 0 radical (unpaired) electrons. The van der Waals surface area contributed by atoms with Crippen molar-refractivity contribution in [3.8, 4) is 17.4 Å². The molecule has 130 valence electrons. The first-order valence-electron chi connectivity index (χ1n) is 8.02. The van der Waals surface area contributed by atoms with E-state index in [9.17, 15) is 14.3 Å². The van der Waals surface area contributed by atoms with Crippen LogP contribution in [-0.2, 0) is 6.42 Å². The topological polar surface area (TPSA) is 84.3 Å². The molecule has 2 N–H and O–H groups in total. The number of carbonyl (C=O) groups excluding carboxylic acids is 1. The van der Waals surface area contributed by atoms with Gasteiger partial charge in [-0.25, -0.2) is 4.98 Å². The molecule has 0 bridgehead atoms. The monoisotopic (exact) mass is 351 g/mol. The Bertz CT molecular complexity index is 990.